The van der Waals surface area contributed by atoms with Gasteiger partial charge in [-0.05, 0) is 43.7 Å². The zero-order valence-electron chi connectivity index (χ0n) is 17.4. The van der Waals surface area contributed by atoms with Crippen molar-refractivity contribution in [3.05, 3.63) is 29.3 Å². The third kappa shape index (κ3) is 5.55. The molecule has 3 rings (SSSR count). The molecule has 154 valence electrons. The van der Waals surface area contributed by atoms with Gasteiger partial charge >= 0.3 is 0 Å². The summed E-state index contributed by atoms with van der Waals surface area (Å²) in [4.78, 5) is 31.4. The largest absolute Gasteiger partial charge is 0.342 e. The first-order valence-electron chi connectivity index (χ1n) is 10.7. The summed E-state index contributed by atoms with van der Waals surface area (Å²) >= 11 is 0. The van der Waals surface area contributed by atoms with Crippen LogP contribution in [0.25, 0.3) is 0 Å². The second-order valence-electron chi connectivity index (χ2n) is 8.00. The molecule has 1 aromatic carbocycles. The van der Waals surface area contributed by atoms with Crippen LogP contribution in [0.3, 0.4) is 0 Å². The number of piperazine rings is 1. The lowest BCUT2D eigenvalue weighted by Gasteiger charge is -2.35. The molecule has 6 nitrogen and oxygen atoms in total. The third-order valence-corrected chi connectivity index (χ3v) is 5.90. The van der Waals surface area contributed by atoms with Crippen molar-refractivity contribution in [2.24, 2.45) is 0 Å². The number of amides is 2. The number of nitrogens with one attached hydrogen (secondary N) is 1. The van der Waals surface area contributed by atoms with Gasteiger partial charge in [0.15, 0.2) is 0 Å². The molecule has 0 aliphatic carbocycles. The van der Waals surface area contributed by atoms with Crippen LogP contribution >= 0.6 is 0 Å². The highest BCUT2D eigenvalue weighted by molar-refractivity contribution is 5.93. The molecule has 0 radical (unpaired) electrons. The van der Waals surface area contributed by atoms with Gasteiger partial charge in [-0.15, -0.1) is 0 Å². The number of rotatable bonds is 6. The molecule has 0 saturated carbocycles. The van der Waals surface area contributed by atoms with E-state index in [2.05, 4.69) is 28.1 Å². The van der Waals surface area contributed by atoms with E-state index < -0.39 is 0 Å². The number of carbonyl (C=O) groups is 2. The zero-order chi connectivity index (χ0) is 19.9. The van der Waals surface area contributed by atoms with Crippen molar-refractivity contribution in [3.63, 3.8) is 0 Å². The van der Waals surface area contributed by atoms with Crippen LogP contribution in [-0.4, -0.2) is 78.9 Å². The van der Waals surface area contributed by atoms with E-state index in [-0.39, 0.29) is 11.8 Å². The first-order chi connectivity index (χ1) is 13.6. The summed E-state index contributed by atoms with van der Waals surface area (Å²) in [5.74, 6) is 0.305. The van der Waals surface area contributed by atoms with Crippen molar-refractivity contribution in [3.8, 4) is 0 Å². The molecule has 2 aliphatic rings. The van der Waals surface area contributed by atoms with Crippen molar-refractivity contribution < 1.29 is 9.59 Å². The average Bonchev–Trinajstić information content (AvgIpc) is 2.71. The van der Waals surface area contributed by atoms with Crippen molar-refractivity contribution >= 4 is 17.5 Å². The van der Waals surface area contributed by atoms with Gasteiger partial charge in [-0.25, -0.2) is 0 Å². The number of benzene rings is 1. The summed E-state index contributed by atoms with van der Waals surface area (Å²) in [6.45, 7) is 10.2. The number of hydrogen-bond donors (Lipinski definition) is 1. The molecular formula is C22H34N4O2. The van der Waals surface area contributed by atoms with E-state index >= 15 is 0 Å². The Bertz CT molecular complexity index is 677. The van der Waals surface area contributed by atoms with Gasteiger partial charge in [0.25, 0.3) is 0 Å². The summed E-state index contributed by atoms with van der Waals surface area (Å²) in [5, 5.41) is 3.11. The van der Waals surface area contributed by atoms with E-state index in [0.29, 0.717) is 13.1 Å². The molecule has 1 N–H and O–H groups in total. The fourth-order valence-corrected chi connectivity index (χ4v) is 4.12. The molecule has 0 unspecified atom stereocenters. The number of para-hydroxylation sites is 1. The van der Waals surface area contributed by atoms with Crippen molar-refractivity contribution in [2.75, 3.05) is 57.7 Å². The van der Waals surface area contributed by atoms with Crippen LogP contribution in [0.15, 0.2) is 18.2 Å². The van der Waals surface area contributed by atoms with E-state index in [1.807, 2.05) is 24.0 Å². The van der Waals surface area contributed by atoms with Gasteiger partial charge in [0.2, 0.25) is 11.8 Å². The Labute approximate surface area is 168 Å². The molecule has 28 heavy (non-hydrogen) atoms. The maximum absolute atomic E-state index is 12.5. The molecule has 2 aliphatic heterocycles. The van der Waals surface area contributed by atoms with Crippen molar-refractivity contribution in [2.45, 2.75) is 39.5 Å². The minimum atomic E-state index is 0.0434. The Morgan fingerprint density at radius 3 is 2.21 bits per heavy atom. The summed E-state index contributed by atoms with van der Waals surface area (Å²) in [6, 6.07) is 6.14. The van der Waals surface area contributed by atoms with E-state index in [1.54, 1.807) is 0 Å². The Hall–Kier alpha value is -1.92. The second-order valence-corrected chi connectivity index (χ2v) is 8.00. The van der Waals surface area contributed by atoms with Gasteiger partial charge in [-0.3, -0.25) is 19.4 Å². The lowest BCUT2D eigenvalue weighted by atomic mass is 10.1. The molecule has 0 aromatic heterocycles. The molecule has 2 heterocycles. The minimum absolute atomic E-state index is 0.0434. The van der Waals surface area contributed by atoms with E-state index in [1.165, 1.54) is 12.0 Å². The number of carbonyl (C=O) groups excluding carboxylic acids is 2. The fraction of sp³-hybridized carbons (Fsp3) is 0.636. The minimum Gasteiger partial charge on any atom is -0.342 e. The van der Waals surface area contributed by atoms with Gasteiger partial charge in [-0.1, -0.05) is 25.1 Å². The molecule has 0 spiro atoms. The molecule has 2 fully saturated rings. The van der Waals surface area contributed by atoms with Crippen LogP contribution in [0.1, 0.15) is 37.3 Å². The van der Waals surface area contributed by atoms with Gasteiger partial charge in [0.1, 0.15) is 0 Å². The Morgan fingerprint density at radius 2 is 1.57 bits per heavy atom. The maximum atomic E-state index is 12.5. The number of piperidine rings is 1. The maximum Gasteiger partial charge on any atom is 0.238 e. The Balaban J connectivity index is 1.43. The highest BCUT2D eigenvalue weighted by Gasteiger charge is 2.23. The smallest absolute Gasteiger partial charge is 0.238 e. The molecule has 2 amide bonds. The predicted molar refractivity (Wildman–Crippen MR) is 112 cm³/mol. The van der Waals surface area contributed by atoms with Crippen molar-refractivity contribution in [1.29, 1.82) is 0 Å². The van der Waals surface area contributed by atoms with E-state index in [4.69, 9.17) is 0 Å². The van der Waals surface area contributed by atoms with Crippen molar-refractivity contribution in [1.82, 2.24) is 14.7 Å². The molecule has 2 saturated heterocycles. The number of hydrogen-bond acceptors (Lipinski definition) is 4. The Morgan fingerprint density at radius 1 is 0.929 bits per heavy atom. The lowest BCUT2D eigenvalue weighted by molar-refractivity contribution is -0.134. The van der Waals surface area contributed by atoms with Gasteiger partial charge in [-0.2, -0.15) is 0 Å². The first kappa shape index (κ1) is 20.8. The van der Waals surface area contributed by atoms with Crippen LogP contribution in [0.2, 0.25) is 0 Å². The van der Waals surface area contributed by atoms with Crippen LogP contribution in [0, 0.1) is 6.92 Å². The third-order valence-electron chi connectivity index (χ3n) is 5.90. The zero-order valence-corrected chi connectivity index (χ0v) is 17.4. The Kier molecular flexibility index (Phi) is 7.45. The SMILES string of the molecule is CCc1cccc(C)c1NC(=O)CN1CCN(CC(=O)N2CCCCC2)CC1. The van der Waals surface area contributed by atoms with Crippen LogP contribution < -0.4 is 5.32 Å². The van der Waals surface area contributed by atoms with E-state index in [0.717, 1.165) is 69.8 Å². The summed E-state index contributed by atoms with van der Waals surface area (Å²) < 4.78 is 0. The topological polar surface area (TPSA) is 55.9 Å². The fourth-order valence-electron chi connectivity index (χ4n) is 4.12. The summed E-state index contributed by atoms with van der Waals surface area (Å²) in [7, 11) is 0. The van der Waals surface area contributed by atoms with Crippen LogP contribution in [-0.2, 0) is 16.0 Å². The van der Waals surface area contributed by atoms with Crippen LogP contribution in [0.5, 0.6) is 0 Å². The number of anilines is 1. The highest BCUT2D eigenvalue weighted by atomic mass is 16.2. The van der Waals surface area contributed by atoms with Gasteiger partial charge < -0.3 is 10.2 Å². The average molecular weight is 387 g/mol. The lowest BCUT2D eigenvalue weighted by Crippen LogP contribution is -2.51. The number of nitrogens with zero attached hydrogens (tertiary/aromatic N) is 3. The summed E-state index contributed by atoms with van der Waals surface area (Å²) in [6.07, 6.45) is 4.41. The van der Waals surface area contributed by atoms with Crippen LogP contribution in [0.4, 0.5) is 5.69 Å². The van der Waals surface area contributed by atoms with E-state index in [9.17, 15) is 9.59 Å². The molecule has 1 aromatic rings. The molecule has 6 heteroatoms. The van der Waals surface area contributed by atoms with Gasteiger partial charge in [0, 0.05) is 45.0 Å². The quantitative estimate of drug-likeness (QED) is 0.814. The normalized spacial score (nSPS) is 18.9. The second kappa shape index (κ2) is 10.0. The number of aryl methyl sites for hydroxylation is 2. The molecular weight excluding hydrogens is 352 g/mol. The molecule has 0 atom stereocenters. The highest BCUT2D eigenvalue weighted by Crippen LogP contribution is 2.21. The molecule has 0 bridgehead atoms. The first-order valence-corrected chi connectivity index (χ1v) is 10.7. The standard InChI is InChI=1S/C22H34N4O2/c1-3-19-9-7-8-18(2)22(19)23-20(27)16-24-12-14-25(15-13-24)17-21(28)26-10-5-4-6-11-26/h7-9H,3-6,10-17H2,1-2H3,(H,23,27). The predicted octanol–water partition coefficient (Wildman–Crippen LogP) is 2.13. The van der Waals surface area contributed by atoms with Gasteiger partial charge in [0.05, 0.1) is 13.1 Å². The number of likely N-dealkylation sites (tertiary alicyclic amines) is 1. The summed E-state index contributed by atoms with van der Waals surface area (Å²) in [5.41, 5.74) is 3.24. The monoisotopic (exact) mass is 386 g/mol.